The molecule has 0 spiro atoms. The topological polar surface area (TPSA) is 50.8 Å². The maximum Gasteiger partial charge on any atom is 0.317 e. The van der Waals surface area contributed by atoms with Gasteiger partial charge in [-0.2, -0.15) is 0 Å². The molecular weight excluding hydrogens is 280 g/mol. The van der Waals surface area contributed by atoms with Crippen molar-refractivity contribution < 1.29 is 14.3 Å². The van der Waals surface area contributed by atoms with Gasteiger partial charge < -0.3 is 19.7 Å². The lowest BCUT2D eigenvalue weighted by molar-refractivity contribution is 0.0236. The Hall–Kier alpha value is -0.810. The average molecular weight is 310 g/mol. The Labute approximate surface area is 133 Å². The van der Waals surface area contributed by atoms with Gasteiger partial charge in [0.15, 0.2) is 0 Å². The van der Waals surface area contributed by atoms with Gasteiger partial charge in [0.25, 0.3) is 0 Å². The summed E-state index contributed by atoms with van der Waals surface area (Å²) >= 11 is 0. The zero-order valence-corrected chi connectivity index (χ0v) is 13.8. The first-order valence-electron chi connectivity index (χ1n) is 8.94. The minimum absolute atomic E-state index is 0.112. The first-order valence-corrected chi connectivity index (χ1v) is 8.94. The predicted octanol–water partition coefficient (Wildman–Crippen LogP) is 2.40. The van der Waals surface area contributed by atoms with Crippen LogP contribution in [0.5, 0.6) is 0 Å². The van der Waals surface area contributed by atoms with Crippen LogP contribution in [0, 0.1) is 11.8 Å². The summed E-state index contributed by atoms with van der Waals surface area (Å²) in [7, 11) is 1.68. The SMILES string of the molecule is COCCO[C@@H]1CCN(C(=O)N[C@@H]2C[C@@H]2C2CCCCC2)C1. The minimum atomic E-state index is 0.112. The normalized spacial score (nSPS) is 32.2. The quantitative estimate of drug-likeness (QED) is 0.767. The number of hydrogen-bond acceptors (Lipinski definition) is 3. The highest BCUT2D eigenvalue weighted by Gasteiger charge is 2.44. The summed E-state index contributed by atoms with van der Waals surface area (Å²) in [4.78, 5) is 14.2. The van der Waals surface area contributed by atoms with Gasteiger partial charge in [-0.05, 0) is 24.7 Å². The Morgan fingerprint density at radius 2 is 2.00 bits per heavy atom. The number of urea groups is 1. The molecule has 1 aliphatic heterocycles. The van der Waals surface area contributed by atoms with Crippen LogP contribution in [0.15, 0.2) is 0 Å². The third-order valence-electron chi connectivity index (χ3n) is 5.48. The Bertz CT molecular complexity index is 371. The van der Waals surface area contributed by atoms with Crippen LogP contribution in [0.3, 0.4) is 0 Å². The van der Waals surface area contributed by atoms with Gasteiger partial charge in [0.05, 0.1) is 19.3 Å². The molecule has 2 amide bonds. The van der Waals surface area contributed by atoms with Gasteiger partial charge in [0.1, 0.15) is 0 Å². The van der Waals surface area contributed by atoms with Crippen molar-refractivity contribution >= 4 is 6.03 Å². The predicted molar refractivity (Wildman–Crippen MR) is 84.8 cm³/mol. The number of ether oxygens (including phenoxy) is 2. The molecule has 0 aromatic carbocycles. The first kappa shape index (κ1) is 16.1. The average Bonchev–Trinajstić information content (AvgIpc) is 3.14. The smallest absolute Gasteiger partial charge is 0.317 e. The highest BCUT2D eigenvalue weighted by atomic mass is 16.5. The van der Waals surface area contributed by atoms with Crippen LogP contribution >= 0.6 is 0 Å². The van der Waals surface area contributed by atoms with E-state index in [-0.39, 0.29) is 12.1 Å². The van der Waals surface area contributed by atoms with E-state index in [1.807, 2.05) is 4.90 Å². The van der Waals surface area contributed by atoms with Gasteiger partial charge in [-0.25, -0.2) is 4.79 Å². The fourth-order valence-corrected chi connectivity index (χ4v) is 4.06. The zero-order valence-electron chi connectivity index (χ0n) is 13.8. The summed E-state index contributed by atoms with van der Waals surface area (Å²) in [5.74, 6) is 1.61. The number of nitrogens with zero attached hydrogens (tertiary/aromatic N) is 1. The van der Waals surface area contributed by atoms with E-state index >= 15 is 0 Å². The molecule has 3 fully saturated rings. The van der Waals surface area contributed by atoms with E-state index in [4.69, 9.17) is 9.47 Å². The van der Waals surface area contributed by atoms with Gasteiger partial charge >= 0.3 is 6.03 Å². The molecule has 3 aliphatic rings. The number of amides is 2. The summed E-state index contributed by atoms with van der Waals surface area (Å²) in [6, 6.07) is 0.546. The highest BCUT2D eigenvalue weighted by molar-refractivity contribution is 5.75. The maximum atomic E-state index is 12.3. The van der Waals surface area contributed by atoms with Crippen molar-refractivity contribution in [2.45, 2.75) is 57.1 Å². The largest absolute Gasteiger partial charge is 0.382 e. The fourth-order valence-electron chi connectivity index (χ4n) is 4.06. The number of carbonyl (C=O) groups excluding carboxylic acids is 1. The van der Waals surface area contributed by atoms with Crippen LogP contribution in [0.4, 0.5) is 4.79 Å². The number of hydrogen-bond donors (Lipinski definition) is 1. The lowest BCUT2D eigenvalue weighted by Gasteiger charge is -2.22. The standard InChI is InChI=1S/C17H30N2O3/c1-21-9-10-22-14-7-8-19(12-14)17(20)18-16-11-15(16)13-5-3-2-4-6-13/h13-16H,2-12H2,1H3,(H,18,20)/t14-,15-,16-/m1/s1. The lowest BCUT2D eigenvalue weighted by Crippen LogP contribution is -2.41. The van der Waals surface area contributed by atoms with Crippen LogP contribution < -0.4 is 5.32 Å². The molecule has 2 aliphatic carbocycles. The second-order valence-corrected chi connectivity index (χ2v) is 7.07. The Morgan fingerprint density at radius 1 is 1.18 bits per heavy atom. The molecule has 0 bridgehead atoms. The van der Waals surface area contributed by atoms with Crippen LogP contribution in [0.1, 0.15) is 44.9 Å². The third kappa shape index (κ3) is 4.13. The van der Waals surface area contributed by atoms with Crippen LogP contribution in [0.25, 0.3) is 0 Å². The van der Waals surface area contributed by atoms with E-state index in [1.54, 1.807) is 7.11 Å². The third-order valence-corrected chi connectivity index (χ3v) is 5.48. The summed E-state index contributed by atoms with van der Waals surface area (Å²) < 4.78 is 10.7. The highest BCUT2D eigenvalue weighted by Crippen LogP contribution is 2.44. The molecule has 5 heteroatoms. The number of rotatable bonds is 6. The number of carbonyl (C=O) groups is 1. The first-order chi connectivity index (χ1) is 10.8. The molecule has 0 unspecified atom stereocenters. The molecule has 1 saturated heterocycles. The molecular formula is C17H30N2O3. The molecule has 5 nitrogen and oxygen atoms in total. The summed E-state index contributed by atoms with van der Waals surface area (Å²) in [6.45, 7) is 2.76. The van der Waals surface area contributed by atoms with Gasteiger partial charge in [-0.1, -0.05) is 32.1 Å². The lowest BCUT2D eigenvalue weighted by atomic mass is 9.85. The van der Waals surface area contributed by atoms with E-state index in [0.717, 1.165) is 31.3 Å². The molecule has 0 aromatic heterocycles. The molecule has 126 valence electrons. The van der Waals surface area contributed by atoms with Crippen molar-refractivity contribution in [2.24, 2.45) is 11.8 Å². The second kappa shape index (κ2) is 7.64. The van der Waals surface area contributed by atoms with Crippen molar-refractivity contribution in [3.63, 3.8) is 0 Å². The Balaban J connectivity index is 1.35. The zero-order chi connectivity index (χ0) is 15.4. The molecule has 1 heterocycles. The minimum Gasteiger partial charge on any atom is -0.382 e. The fraction of sp³-hybridized carbons (Fsp3) is 0.941. The Kier molecular flexibility index (Phi) is 5.58. The van der Waals surface area contributed by atoms with E-state index in [2.05, 4.69) is 5.32 Å². The molecule has 1 N–H and O–H groups in total. The second-order valence-electron chi connectivity index (χ2n) is 7.07. The molecule has 22 heavy (non-hydrogen) atoms. The number of likely N-dealkylation sites (tertiary alicyclic amines) is 1. The van der Waals surface area contributed by atoms with Crippen LogP contribution in [0.2, 0.25) is 0 Å². The van der Waals surface area contributed by atoms with E-state index < -0.39 is 0 Å². The van der Waals surface area contributed by atoms with Gasteiger partial charge in [-0.15, -0.1) is 0 Å². The van der Waals surface area contributed by atoms with Crippen molar-refractivity contribution in [3.8, 4) is 0 Å². The van der Waals surface area contributed by atoms with Gasteiger partial charge in [0, 0.05) is 26.2 Å². The van der Waals surface area contributed by atoms with E-state index in [9.17, 15) is 4.79 Å². The van der Waals surface area contributed by atoms with Crippen molar-refractivity contribution in [1.82, 2.24) is 10.2 Å². The van der Waals surface area contributed by atoms with Crippen molar-refractivity contribution in [2.75, 3.05) is 33.4 Å². The molecule has 3 rings (SSSR count). The molecule has 3 atom stereocenters. The molecule has 2 saturated carbocycles. The summed E-state index contributed by atoms with van der Waals surface area (Å²) in [6.07, 6.45) is 9.22. The van der Waals surface area contributed by atoms with E-state index in [0.29, 0.717) is 19.3 Å². The van der Waals surface area contributed by atoms with Crippen molar-refractivity contribution in [1.29, 1.82) is 0 Å². The maximum absolute atomic E-state index is 12.3. The Morgan fingerprint density at radius 3 is 2.77 bits per heavy atom. The van der Waals surface area contributed by atoms with E-state index in [1.165, 1.54) is 38.5 Å². The van der Waals surface area contributed by atoms with Crippen LogP contribution in [-0.2, 0) is 9.47 Å². The molecule has 0 radical (unpaired) electrons. The van der Waals surface area contributed by atoms with Gasteiger partial charge in [-0.3, -0.25) is 0 Å². The molecule has 0 aromatic rings. The van der Waals surface area contributed by atoms with Crippen molar-refractivity contribution in [3.05, 3.63) is 0 Å². The number of methoxy groups -OCH3 is 1. The van der Waals surface area contributed by atoms with Crippen LogP contribution in [-0.4, -0.2) is 56.5 Å². The monoisotopic (exact) mass is 310 g/mol. The summed E-state index contributed by atoms with van der Waals surface area (Å²) in [5, 5.41) is 3.24. The van der Waals surface area contributed by atoms with Gasteiger partial charge in [0.2, 0.25) is 0 Å². The number of nitrogens with one attached hydrogen (secondary N) is 1. The summed E-state index contributed by atoms with van der Waals surface area (Å²) in [5.41, 5.74) is 0.